The number of ether oxygens (including phenoxy) is 1. The van der Waals surface area contributed by atoms with Crippen molar-refractivity contribution in [3.63, 3.8) is 0 Å². The first-order valence-corrected chi connectivity index (χ1v) is 14.1. The quantitative estimate of drug-likeness (QED) is 0.160. The van der Waals surface area contributed by atoms with Crippen LogP contribution in [0.3, 0.4) is 0 Å². The Hall–Kier alpha value is -4.33. The zero-order valence-corrected chi connectivity index (χ0v) is 27.0. The van der Waals surface area contributed by atoms with Crippen molar-refractivity contribution in [1.29, 1.82) is 5.26 Å². The van der Waals surface area contributed by atoms with Gasteiger partial charge in [0.15, 0.2) is 0 Å². The van der Waals surface area contributed by atoms with Gasteiger partial charge in [-0.25, -0.2) is 4.98 Å². The van der Waals surface area contributed by atoms with E-state index in [1.54, 1.807) is 6.20 Å². The monoisotopic (exact) mass is 744 g/mol. The summed E-state index contributed by atoms with van der Waals surface area (Å²) in [4.78, 5) is 14.0. The minimum atomic E-state index is -0.0404. The molecular weight excluding hydrogens is 714 g/mol. The average Bonchev–Trinajstić information content (AvgIpc) is 3.29. The second-order valence-corrected chi connectivity index (χ2v) is 11.9. The van der Waals surface area contributed by atoms with Crippen LogP contribution in [0.15, 0.2) is 79.1 Å². The molecule has 0 N–H and O–H groups in total. The predicted octanol–water partition coefficient (Wildman–Crippen LogP) is 8.39. The molecule has 0 saturated carbocycles. The standard InChI is InChI=1S/C36H31N5O.Pt/c1-23(2)17-27-14-16-39-35(40-27)25-7-6-8-28(19-25)42-29-10-11-30-31-18-24(22-37)9-12-32(31)41(33(30)21-29)34-20-26(13-15-38-34)36(3,4)5;/h6-16,18,20,23H,17H2,1-5H3;/q-2;+2. The molecule has 0 atom stereocenters. The summed E-state index contributed by atoms with van der Waals surface area (Å²) in [6, 6.07) is 30.5. The molecule has 3 heterocycles. The Morgan fingerprint density at radius 3 is 2.47 bits per heavy atom. The average molecular weight is 745 g/mol. The van der Waals surface area contributed by atoms with Gasteiger partial charge in [0.25, 0.3) is 0 Å². The summed E-state index contributed by atoms with van der Waals surface area (Å²) in [6.07, 6.45) is 4.52. The number of hydrogen-bond acceptors (Lipinski definition) is 5. The first-order chi connectivity index (χ1) is 20.2. The van der Waals surface area contributed by atoms with Crippen LogP contribution in [0.2, 0.25) is 0 Å². The van der Waals surface area contributed by atoms with E-state index < -0.39 is 0 Å². The Morgan fingerprint density at radius 1 is 0.907 bits per heavy atom. The zero-order valence-electron chi connectivity index (χ0n) is 24.8. The van der Waals surface area contributed by atoms with Crippen LogP contribution in [0, 0.1) is 29.4 Å². The number of aromatic nitrogens is 4. The van der Waals surface area contributed by atoms with E-state index in [0.717, 1.165) is 45.3 Å². The van der Waals surface area contributed by atoms with Crippen molar-refractivity contribution in [3.8, 4) is 34.8 Å². The summed E-state index contributed by atoms with van der Waals surface area (Å²) in [5.74, 6) is 3.00. The van der Waals surface area contributed by atoms with Crippen LogP contribution in [0.25, 0.3) is 39.0 Å². The van der Waals surface area contributed by atoms with E-state index in [1.165, 1.54) is 5.56 Å². The zero-order chi connectivity index (χ0) is 29.4. The fourth-order valence-corrected chi connectivity index (χ4v) is 5.11. The van der Waals surface area contributed by atoms with Gasteiger partial charge >= 0.3 is 21.1 Å². The molecule has 7 heteroatoms. The fourth-order valence-electron chi connectivity index (χ4n) is 5.11. The number of nitriles is 1. The van der Waals surface area contributed by atoms with Gasteiger partial charge in [-0.05, 0) is 65.1 Å². The molecule has 0 amide bonds. The molecule has 0 fully saturated rings. The van der Waals surface area contributed by atoms with E-state index in [0.29, 0.717) is 28.8 Å². The van der Waals surface area contributed by atoms with E-state index in [2.05, 4.69) is 74.5 Å². The maximum absolute atomic E-state index is 9.58. The second-order valence-electron chi connectivity index (χ2n) is 11.9. The molecule has 0 radical (unpaired) electrons. The van der Waals surface area contributed by atoms with Crippen LogP contribution in [0.1, 0.15) is 51.4 Å². The number of pyridine rings is 1. The van der Waals surface area contributed by atoms with E-state index in [4.69, 9.17) is 14.7 Å². The van der Waals surface area contributed by atoms with Gasteiger partial charge in [-0.15, -0.1) is 41.3 Å². The normalized spacial score (nSPS) is 11.5. The van der Waals surface area contributed by atoms with Crippen LogP contribution in [-0.2, 0) is 32.9 Å². The van der Waals surface area contributed by atoms with Crippen molar-refractivity contribution < 1.29 is 25.8 Å². The number of hydrogen-bond donors (Lipinski definition) is 0. The Labute approximate surface area is 266 Å². The van der Waals surface area contributed by atoms with E-state index in [9.17, 15) is 5.26 Å². The minimum Gasteiger partial charge on any atom is -0.503 e. The van der Waals surface area contributed by atoms with Crippen molar-refractivity contribution in [1.82, 2.24) is 19.5 Å². The molecule has 0 bridgehead atoms. The minimum absolute atomic E-state index is 0. The molecule has 6 rings (SSSR count). The molecule has 43 heavy (non-hydrogen) atoms. The van der Waals surface area contributed by atoms with E-state index in [-0.39, 0.29) is 26.5 Å². The van der Waals surface area contributed by atoms with Gasteiger partial charge in [-0.2, -0.15) is 11.3 Å². The molecule has 3 aromatic carbocycles. The first kappa shape index (κ1) is 30.1. The molecule has 3 aromatic heterocycles. The summed E-state index contributed by atoms with van der Waals surface area (Å²) >= 11 is 0. The summed E-state index contributed by atoms with van der Waals surface area (Å²) in [5.41, 5.74) is 5.27. The number of benzene rings is 3. The molecule has 6 nitrogen and oxygen atoms in total. The molecule has 6 aromatic rings. The fraction of sp³-hybridized carbons (Fsp3) is 0.222. The molecular formula is C36H31N5OPt. The summed E-state index contributed by atoms with van der Waals surface area (Å²) in [6.45, 7) is 10.9. The van der Waals surface area contributed by atoms with Crippen LogP contribution < -0.4 is 4.74 Å². The Balaban J connectivity index is 0.00000368. The van der Waals surface area contributed by atoms with Gasteiger partial charge in [0.1, 0.15) is 5.82 Å². The van der Waals surface area contributed by atoms with Crippen molar-refractivity contribution in [2.45, 2.75) is 46.5 Å². The molecule has 0 aliphatic rings. The smallest absolute Gasteiger partial charge is 0.503 e. The maximum atomic E-state index is 9.58. The third-order valence-electron chi connectivity index (χ3n) is 7.18. The van der Waals surface area contributed by atoms with Gasteiger partial charge < -0.3 is 9.30 Å². The maximum Gasteiger partial charge on any atom is 2.00 e. The summed E-state index contributed by atoms with van der Waals surface area (Å²) < 4.78 is 8.39. The largest absolute Gasteiger partial charge is 2.00 e. The number of rotatable bonds is 6. The summed E-state index contributed by atoms with van der Waals surface area (Å²) in [7, 11) is 0. The summed E-state index contributed by atoms with van der Waals surface area (Å²) in [5, 5.41) is 11.5. The van der Waals surface area contributed by atoms with Crippen LogP contribution in [0.4, 0.5) is 0 Å². The molecule has 0 spiro atoms. The van der Waals surface area contributed by atoms with E-state index in [1.807, 2.05) is 60.8 Å². The van der Waals surface area contributed by atoms with Gasteiger partial charge in [-0.1, -0.05) is 46.2 Å². The second kappa shape index (κ2) is 12.1. The Bertz CT molecular complexity index is 1980. The first-order valence-electron chi connectivity index (χ1n) is 14.1. The third-order valence-corrected chi connectivity index (χ3v) is 7.18. The molecule has 0 unspecified atom stereocenters. The van der Waals surface area contributed by atoms with Gasteiger partial charge in [-0.3, -0.25) is 9.97 Å². The predicted molar refractivity (Wildman–Crippen MR) is 166 cm³/mol. The van der Waals surface area contributed by atoms with Crippen molar-refractivity contribution in [2.24, 2.45) is 5.92 Å². The van der Waals surface area contributed by atoms with Gasteiger partial charge in [0.05, 0.1) is 17.5 Å². The van der Waals surface area contributed by atoms with Gasteiger partial charge in [0.2, 0.25) is 0 Å². The Kier molecular flexibility index (Phi) is 8.49. The number of nitrogens with zero attached hydrogens (tertiary/aromatic N) is 5. The van der Waals surface area contributed by atoms with Crippen molar-refractivity contribution in [2.75, 3.05) is 0 Å². The van der Waals surface area contributed by atoms with E-state index >= 15 is 0 Å². The van der Waals surface area contributed by atoms with Crippen LogP contribution >= 0.6 is 0 Å². The van der Waals surface area contributed by atoms with Gasteiger partial charge in [0, 0.05) is 35.1 Å². The van der Waals surface area contributed by atoms with Crippen LogP contribution in [0.5, 0.6) is 11.5 Å². The third kappa shape index (κ3) is 6.24. The molecule has 216 valence electrons. The van der Waals surface area contributed by atoms with Crippen LogP contribution in [-0.4, -0.2) is 19.5 Å². The molecule has 0 aliphatic carbocycles. The molecule has 0 saturated heterocycles. The SMILES string of the molecule is CC(C)Cc1ccnc(-c2[c-]c(Oc3[c-]c4c(cc3)c3cc(C#N)ccc3n4-c3cc(C(C)(C)C)ccn3)ccc2)n1.[Pt+2]. The number of fused-ring (bicyclic) bond motifs is 3. The topological polar surface area (TPSA) is 76.6 Å². The van der Waals surface area contributed by atoms with Crippen molar-refractivity contribution >= 4 is 21.8 Å². The Morgan fingerprint density at radius 2 is 1.70 bits per heavy atom. The van der Waals surface area contributed by atoms with Crippen molar-refractivity contribution in [3.05, 3.63) is 108 Å². The molecule has 0 aliphatic heterocycles.